The van der Waals surface area contributed by atoms with E-state index >= 15 is 0 Å². The van der Waals surface area contributed by atoms with E-state index in [1.807, 2.05) is 0 Å². The smallest absolute Gasteiger partial charge is 0.329 e. The average Bonchev–Trinajstić information content (AvgIpc) is 2.77. The fourth-order valence-corrected chi connectivity index (χ4v) is 1.72. The lowest BCUT2D eigenvalue weighted by atomic mass is 10.1. The van der Waals surface area contributed by atoms with Crippen LogP contribution in [-0.2, 0) is 0 Å². The zero-order chi connectivity index (χ0) is 11.1. The first-order valence-electron chi connectivity index (χ1n) is 4.56. The Labute approximate surface area is 88.8 Å². The predicted octanol–water partition coefficient (Wildman–Crippen LogP) is 0.442. The molecule has 0 fully saturated rings. The van der Waals surface area contributed by atoms with Crippen LogP contribution >= 0.6 is 0 Å². The second-order valence-electron chi connectivity index (χ2n) is 3.26. The minimum absolute atomic E-state index is 0.459. The Bertz CT molecular complexity index is 792. The van der Waals surface area contributed by atoms with Gasteiger partial charge in [0, 0.05) is 0 Å². The van der Waals surface area contributed by atoms with Crippen LogP contribution in [-0.4, -0.2) is 19.6 Å². The second-order valence-corrected chi connectivity index (χ2v) is 3.26. The summed E-state index contributed by atoms with van der Waals surface area (Å²) < 4.78 is 1.14. The zero-order valence-corrected chi connectivity index (χ0v) is 8.01. The highest BCUT2D eigenvalue weighted by molar-refractivity contribution is 5.95. The first-order valence-corrected chi connectivity index (χ1v) is 4.56. The number of hydrogen-bond acceptors (Lipinski definition) is 4. The highest BCUT2D eigenvalue weighted by Crippen LogP contribution is 2.18. The number of rotatable bonds is 0. The van der Waals surface area contributed by atoms with Crippen LogP contribution in [0.5, 0.6) is 0 Å². The van der Waals surface area contributed by atoms with Crippen molar-refractivity contribution in [2.45, 2.75) is 0 Å². The molecule has 76 valence electrons. The van der Waals surface area contributed by atoms with Crippen molar-refractivity contribution in [1.82, 2.24) is 19.6 Å². The Morgan fingerprint density at radius 3 is 3.12 bits per heavy atom. The number of benzene rings is 1. The van der Waals surface area contributed by atoms with Gasteiger partial charge in [-0.3, -0.25) is 0 Å². The van der Waals surface area contributed by atoms with Gasteiger partial charge < -0.3 is 4.98 Å². The summed E-state index contributed by atoms with van der Waals surface area (Å²) in [5.41, 5.74) is 0.992. The molecule has 3 rings (SSSR count). The van der Waals surface area contributed by atoms with Crippen molar-refractivity contribution in [1.29, 1.82) is 5.26 Å². The molecule has 0 saturated heterocycles. The quantitative estimate of drug-likeness (QED) is 0.584. The number of nitrogens with zero attached hydrogens (tertiary/aromatic N) is 4. The highest BCUT2D eigenvalue weighted by Gasteiger charge is 2.10. The number of aromatic nitrogens is 4. The van der Waals surface area contributed by atoms with Crippen LogP contribution in [0.25, 0.3) is 16.6 Å². The summed E-state index contributed by atoms with van der Waals surface area (Å²) in [5.74, 6) is 0. The third kappa shape index (κ3) is 0.966. The molecule has 3 aromatic rings. The molecular weight excluding hydrogens is 206 g/mol. The molecule has 0 bridgehead atoms. The number of hydrogen-bond donors (Lipinski definition) is 1. The fourth-order valence-electron chi connectivity index (χ4n) is 1.72. The van der Waals surface area contributed by atoms with Crippen LogP contribution in [0.15, 0.2) is 29.3 Å². The van der Waals surface area contributed by atoms with Crippen molar-refractivity contribution >= 4 is 16.6 Å². The third-order valence-electron chi connectivity index (χ3n) is 2.38. The molecule has 2 aromatic heterocycles. The van der Waals surface area contributed by atoms with Gasteiger partial charge in [-0.1, -0.05) is 6.07 Å². The topological polar surface area (TPSA) is 86.8 Å². The normalized spacial score (nSPS) is 10.7. The van der Waals surface area contributed by atoms with Crippen molar-refractivity contribution in [2.75, 3.05) is 0 Å². The van der Waals surface area contributed by atoms with Gasteiger partial charge in [-0.15, -0.1) is 0 Å². The molecule has 0 aliphatic heterocycles. The van der Waals surface area contributed by atoms with Crippen LogP contribution < -0.4 is 5.69 Å². The average molecular weight is 211 g/mol. The van der Waals surface area contributed by atoms with E-state index in [0.29, 0.717) is 22.1 Å². The van der Waals surface area contributed by atoms with E-state index in [4.69, 9.17) is 5.26 Å². The molecule has 2 heterocycles. The molecule has 6 heteroatoms. The molecule has 0 atom stereocenters. The number of nitriles is 1. The maximum absolute atomic E-state index is 11.5. The second kappa shape index (κ2) is 2.90. The lowest BCUT2D eigenvalue weighted by Gasteiger charge is -1.99. The van der Waals surface area contributed by atoms with Gasteiger partial charge in [-0.05, 0) is 12.1 Å². The van der Waals surface area contributed by atoms with E-state index in [9.17, 15) is 4.79 Å². The SMILES string of the molecule is N#Cc1cccc2nc(=O)n3nc[nH]c3c12. The summed E-state index contributed by atoms with van der Waals surface area (Å²) in [5, 5.41) is 13.4. The molecule has 16 heavy (non-hydrogen) atoms. The van der Waals surface area contributed by atoms with Gasteiger partial charge in [0.1, 0.15) is 12.0 Å². The van der Waals surface area contributed by atoms with E-state index in [1.54, 1.807) is 18.2 Å². The summed E-state index contributed by atoms with van der Waals surface area (Å²) in [6, 6.07) is 7.13. The van der Waals surface area contributed by atoms with Crippen LogP contribution in [0.1, 0.15) is 5.56 Å². The summed E-state index contributed by atoms with van der Waals surface area (Å²) in [6.07, 6.45) is 1.39. The van der Waals surface area contributed by atoms with Gasteiger partial charge in [-0.25, -0.2) is 4.79 Å². The maximum Gasteiger partial charge on any atom is 0.370 e. The minimum Gasteiger partial charge on any atom is -0.329 e. The van der Waals surface area contributed by atoms with Crippen molar-refractivity contribution in [2.24, 2.45) is 0 Å². The standard InChI is InChI=1S/C10H5N5O/c11-4-6-2-1-3-7-8(6)9-12-5-13-15(9)10(16)14-7/h1-3,5H,(H,12,13). The lowest BCUT2D eigenvalue weighted by molar-refractivity contribution is 0.881. The van der Waals surface area contributed by atoms with Crippen molar-refractivity contribution in [3.63, 3.8) is 0 Å². The van der Waals surface area contributed by atoms with Gasteiger partial charge in [0.05, 0.1) is 22.5 Å². The molecule has 0 spiro atoms. The molecule has 0 radical (unpaired) electrons. The summed E-state index contributed by atoms with van der Waals surface area (Å²) in [4.78, 5) is 18.2. The van der Waals surface area contributed by atoms with Crippen LogP contribution in [0, 0.1) is 11.3 Å². The molecule has 0 unspecified atom stereocenters. The van der Waals surface area contributed by atoms with Gasteiger partial charge in [0.2, 0.25) is 0 Å². The van der Waals surface area contributed by atoms with Gasteiger partial charge >= 0.3 is 5.69 Å². The zero-order valence-electron chi connectivity index (χ0n) is 8.01. The van der Waals surface area contributed by atoms with E-state index in [1.165, 1.54) is 6.33 Å². The minimum atomic E-state index is -0.459. The molecule has 6 nitrogen and oxygen atoms in total. The Morgan fingerprint density at radius 1 is 1.44 bits per heavy atom. The number of H-pyrrole nitrogens is 1. The van der Waals surface area contributed by atoms with Crippen molar-refractivity contribution < 1.29 is 0 Å². The van der Waals surface area contributed by atoms with Gasteiger partial charge in [0.25, 0.3) is 0 Å². The molecule has 0 aliphatic rings. The van der Waals surface area contributed by atoms with E-state index in [2.05, 4.69) is 21.1 Å². The molecule has 1 aromatic carbocycles. The van der Waals surface area contributed by atoms with Crippen molar-refractivity contribution in [3.05, 3.63) is 40.6 Å². The summed E-state index contributed by atoms with van der Waals surface area (Å²) >= 11 is 0. The van der Waals surface area contributed by atoms with E-state index < -0.39 is 5.69 Å². The van der Waals surface area contributed by atoms with Crippen molar-refractivity contribution in [3.8, 4) is 6.07 Å². The molecular formula is C10H5N5O. The van der Waals surface area contributed by atoms with E-state index in [-0.39, 0.29) is 0 Å². The Morgan fingerprint density at radius 2 is 2.31 bits per heavy atom. The summed E-state index contributed by atoms with van der Waals surface area (Å²) in [6.45, 7) is 0. The molecule has 0 saturated carbocycles. The maximum atomic E-state index is 11.5. The lowest BCUT2D eigenvalue weighted by Crippen LogP contribution is -2.17. The highest BCUT2D eigenvalue weighted by atomic mass is 16.1. The first kappa shape index (κ1) is 8.61. The fraction of sp³-hybridized carbons (Fsp3) is 0. The van der Waals surface area contributed by atoms with Crippen LogP contribution in [0.3, 0.4) is 0 Å². The predicted molar refractivity (Wildman–Crippen MR) is 55.8 cm³/mol. The Hall–Kier alpha value is -2.68. The Kier molecular flexibility index (Phi) is 1.56. The molecule has 1 N–H and O–H groups in total. The number of fused-ring (bicyclic) bond motifs is 3. The van der Waals surface area contributed by atoms with Gasteiger partial charge in [-0.2, -0.15) is 19.9 Å². The van der Waals surface area contributed by atoms with Crippen LogP contribution in [0.4, 0.5) is 0 Å². The Balaban J connectivity index is 2.73. The van der Waals surface area contributed by atoms with E-state index in [0.717, 1.165) is 4.52 Å². The number of aromatic amines is 1. The largest absolute Gasteiger partial charge is 0.370 e. The van der Waals surface area contributed by atoms with Gasteiger partial charge in [0.15, 0.2) is 0 Å². The first-order chi connectivity index (χ1) is 7.81. The van der Waals surface area contributed by atoms with Crippen LogP contribution in [0.2, 0.25) is 0 Å². The third-order valence-corrected chi connectivity index (χ3v) is 2.38. The number of nitrogens with one attached hydrogen (secondary N) is 1. The monoisotopic (exact) mass is 211 g/mol. The summed E-state index contributed by atoms with van der Waals surface area (Å²) in [7, 11) is 0. The molecule has 0 amide bonds. The molecule has 0 aliphatic carbocycles.